The monoisotopic (exact) mass is 428 g/mol. The average molecular weight is 429 g/mol. The van der Waals surface area contributed by atoms with E-state index in [4.69, 9.17) is 4.74 Å². The third kappa shape index (κ3) is 6.12. The van der Waals surface area contributed by atoms with Crippen LogP contribution in [-0.4, -0.2) is 30.2 Å². The van der Waals surface area contributed by atoms with Gasteiger partial charge in [-0.25, -0.2) is 4.79 Å². The molecule has 0 unspecified atom stereocenters. The third-order valence-corrected chi connectivity index (χ3v) is 5.31. The van der Waals surface area contributed by atoms with Crippen LogP contribution >= 0.6 is 11.3 Å². The van der Waals surface area contributed by atoms with Gasteiger partial charge in [0.15, 0.2) is 5.78 Å². The van der Waals surface area contributed by atoms with Crippen LogP contribution in [0.1, 0.15) is 53.3 Å². The topological polar surface area (TPSA) is 102 Å². The predicted octanol–water partition coefficient (Wildman–Crippen LogP) is 4.21. The van der Waals surface area contributed by atoms with E-state index in [0.29, 0.717) is 28.2 Å². The van der Waals surface area contributed by atoms with E-state index in [9.17, 15) is 19.2 Å². The number of aryl methyl sites for hydroxylation is 1. The molecule has 7 nitrogen and oxygen atoms in total. The maximum absolute atomic E-state index is 12.5. The molecule has 1 aromatic carbocycles. The molecule has 0 spiro atoms. The molecule has 0 saturated heterocycles. The number of carbonyl (C=O) groups excluding carboxylic acids is 4. The van der Waals surface area contributed by atoms with E-state index >= 15 is 0 Å². The van der Waals surface area contributed by atoms with Crippen LogP contribution in [0.25, 0.3) is 0 Å². The molecule has 8 heteroatoms. The van der Waals surface area contributed by atoms with Gasteiger partial charge in [-0.05, 0) is 57.5 Å². The summed E-state index contributed by atoms with van der Waals surface area (Å²) in [6.45, 7) is 6.86. The first-order valence-electron chi connectivity index (χ1n) is 9.46. The number of carbonyl (C=O) groups is 4. The molecule has 2 N–H and O–H groups in total. The smallest absolute Gasteiger partial charge is 0.341 e. The van der Waals surface area contributed by atoms with Gasteiger partial charge in [0.25, 0.3) is 5.91 Å². The zero-order valence-corrected chi connectivity index (χ0v) is 18.1. The van der Waals surface area contributed by atoms with Gasteiger partial charge in [-0.15, -0.1) is 11.3 Å². The summed E-state index contributed by atoms with van der Waals surface area (Å²) in [6, 6.07) is 8.15. The van der Waals surface area contributed by atoms with Crippen LogP contribution in [0.5, 0.6) is 0 Å². The molecule has 2 aromatic rings. The number of thiophene rings is 1. The molecule has 0 radical (unpaired) electrons. The lowest BCUT2D eigenvalue weighted by Crippen LogP contribution is -2.17. The lowest BCUT2D eigenvalue weighted by atomic mass is 10.1. The molecule has 0 aliphatic rings. The van der Waals surface area contributed by atoms with Crippen LogP contribution in [0.15, 0.2) is 42.0 Å². The van der Waals surface area contributed by atoms with Gasteiger partial charge in [0.2, 0.25) is 5.91 Å². The summed E-state index contributed by atoms with van der Waals surface area (Å²) in [7, 11) is 0. The molecular weight excluding hydrogens is 404 g/mol. The van der Waals surface area contributed by atoms with Crippen molar-refractivity contribution in [3.05, 3.63) is 58.0 Å². The molecule has 158 valence electrons. The Bertz CT molecular complexity index is 989. The lowest BCUT2D eigenvalue weighted by molar-refractivity contribution is -0.114. The van der Waals surface area contributed by atoms with Gasteiger partial charge in [0.05, 0.1) is 12.2 Å². The summed E-state index contributed by atoms with van der Waals surface area (Å²) in [5, 5.41) is 5.72. The fourth-order valence-corrected chi connectivity index (χ4v) is 3.48. The number of amides is 2. The van der Waals surface area contributed by atoms with Crippen molar-refractivity contribution in [3.8, 4) is 0 Å². The molecule has 1 heterocycles. The molecule has 30 heavy (non-hydrogen) atoms. The molecule has 0 atom stereocenters. The first-order chi connectivity index (χ1) is 14.2. The first kappa shape index (κ1) is 23.0. The van der Waals surface area contributed by atoms with Crippen LogP contribution < -0.4 is 10.6 Å². The average Bonchev–Trinajstić information content (AvgIpc) is 3.11. The summed E-state index contributed by atoms with van der Waals surface area (Å²) in [5.41, 5.74) is 1.52. The van der Waals surface area contributed by atoms with Crippen LogP contribution in [0.4, 0.5) is 10.7 Å². The largest absolute Gasteiger partial charge is 0.462 e. The normalized spacial score (nSPS) is 11.0. The summed E-state index contributed by atoms with van der Waals surface area (Å²) in [4.78, 5) is 49.1. The van der Waals surface area contributed by atoms with E-state index in [2.05, 4.69) is 10.6 Å². The summed E-state index contributed by atoms with van der Waals surface area (Å²) in [6.07, 6.45) is 1.89. The van der Waals surface area contributed by atoms with Gasteiger partial charge in [0, 0.05) is 27.8 Å². The Morgan fingerprint density at radius 3 is 2.27 bits per heavy atom. The molecule has 2 rings (SSSR count). The van der Waals surface area contributed by atoms with Crippen LogP contribution in [0, 0.1) is 0 Å². The zero-order valence-electron chi connectivity index (χ0n) is 17.3. The number of ketones is 1. The van der Waals surface area contributed by atoms with Gasteiger partial charge in [-0.3, -0.25) is 14.4 Å². The standard InChI is InChI=1S/C22H24N2O5S/c1-5-17-12-18(22(28)29-6-2)21(30-17)24-20(27)13(3)11-19(26)23-16-9-7-15(8-10-16)14(4)25/h7-12H,5-6H2,1-4H3,(H,23,26)(H,24,27)/b13-11-. The second-order valence-electron chi connectivity index (χ2n) is 6.43. The molecule has 0 aliphatic carbocycles. The second-order valence-corrected chi connectivity index (χ2v) is 7.57. The van der Waals surface area contributed by atoms with Crippen LogP contribution in [-0.2, 0) is 20.7 Å². The quantitative estimate of drug-likeness (QED) is 0.372. The highest BCUT2D eigenvalue weighted by Crippen LogP contribution is 2.29. The van der Waals surface area contributed by atoms with Crippen LogP contribution in [0.3, 0.4) is 0 Å². The Kier molecular flexibility index (Phi) is 8.06. The summed E-state index contributed by atoms with van der Waals surface area (Å²) in [5.74, 6) is -1.55. The molecule has 0 aliphatic heterocycles. The highest BCUT2D eigenvalue weighted by Gasteiger charge is 2.19. The zero-order chi connectivity index (χ0) is 22.3. The number of esters is 1. The highest BCUT2D eigenvalue weighted by molar-refractivity contribution is 7.16. The predicted molar refractivity (Wildman–Crippen MR) is 117 cm³/mol. The van der Waals surface area contributed by atoms with Crippen molar-refractivity contribution in [1.29, 1.82) is 0 Å². The fourth-order valence-electron chi connectivity index (χ4n) is 2.50. The highest BCUT2D eigenvalue weighted by atomic mass is 32.1. The minimum absolute atomic E-state index is 0.0673. The lowest BCUT2D eigenvalue weighted by Gasteiger charge is -2.07. The van der Waals surface area contributed by atoms with Crippen molar-refractivity contribution in [2.24, 2.45) is 0 Å². The minimum atomic E-state index is -0.503. The Balaban J connectivity index is 2.08. The maximum atomic E-state index is 12.5. The van der Waals surface area contributed by atoms with Gasteiger partial charge in [0.1, 0.15) is 5.00 Å². The van der Waals surface area contributed by atoms with Gasteiger partial charge in [-0.2, -0.15) is 0 Å². The molecule has 0 bridgehead atoms. The Morgan fingerprint density at radius 2 is 1.70 bits per heavy atom. The minimum Gasteiger partial charge on any atom is -0.462 e. The number of hydrogen-bond acceptors (Lipinski definition) is 6. The third-order valence-electron chi connectivity index (χ3n) is 4.12. The first-order valence-corrected chi connectivity index (χ1v) is 10.3. The van der Waals surface area contributed by atoms with E-state index in [1.54, 1.807) is 37.3 Å². The van der Waals surface area contributed by atoms with E-state index in [1.165, 1.54) is 31.3 Å². The summed E-state index contributed by atoms with van der Waals surface area (Å²) >= 11 is 1.30. The van der Waals surface area contributed by atoms with E-state index < -0.39 is 17.8 Å². The number of anilines is 2. The van der Waals surface area contributed by atoms with Crippen molar-refractivity contribution in [1.82, 2.24) is 0 Å². The van der Waals surface area contributed by atoms with Crippen molar-refractivity contribution >= 4 is 45.6 Å². The SMILES string of the molecule is CCOC(=O)c1cc(CC)sc1NC(=O)/C(C)=C\C(=O)Nc1ccc(C(C)=O)cc1. The van der Waals surface area contributed by atoms with Gasteiger partial charge in [-0.1, -0.05) is 6.92 Å². The Morgan fingerprint density at radius 1 is 1.03 bits per heavy atom. The number of rotatable bonds is 8. The Hall–Kier alpha value is -3.26. The van der Waals surface area contributed by atoms with E-state index in [-0.39, 0.29) is 18.0 Å². The molecule has 1 aromatic heterocycles. The fraction of sp³-hybridized carbons (Fsp3) is 0.273. The maximum Gasteiger partial charge on any atom is 0.341 e. The molecular formula is C22H24N2O5S. The molecule has 0 saturated carbocycles. The second kappa shape index (κ2) is 10.5. The van der Waals surface area contributed by atoms with Crippen molar-refractivity contribution in [2.45, 2.75) is 34.1 Å². The number of ether oxygens (including phenoxy) is 1. The van der Waals surface area contributed by atoms with E-state index in [0.717, 1.165) is 4.88 Å². The van der Waals surface area contributed by atoms with Crippen LogP contribution in [0.2, 0.25) is 0 Å². The Labute approximate surface area is 179 Å². The number of hydrogen-bond donors (Lipinski definition) is 2. The van der Waals surface area contributed by atoms with Gasteiger partial charge >= 0.3 is 5.97 Å². The van der Waals surface area contributed by atoms with Crippen molar-refractivity contribution in [2.75, 3.05) is 17.2 Å². The molecule has 0 fully saturated rings. The number of benzene rings is 1. The summed E-state index contributed by atoms with van der Waals surface area (Å²) < 4.78 is 5.04. The van der Waals surface area contributed by atoms with E-state index in [1.807, 2.05) is 6.92 Å². The number of Topliss-reactive ketones (excluding diaryl/α,β-unsaturated/α-hetero) is 1. The number of nitrogens with one attached hydrogen (secondary N) is 2. The van der Waals surface area contributed by atoms with Crippen molar-refractivity contribution in [3.63, 3.8) is 0 Å². The van der Waals surface area contributed by atoms with Crippen molar-refractivity contribution < 1.29 is 23.9 Å². The van der Waals surface area contributed by atoms with Gasteiger partial charge < -0.3 is 15.4 Å². The molecule has 2 amide bonds.